The summed E-state index contributed by atoms with van der Waals surface area (Å²) in [6.45, 7) is 4.37. The first-order chi connectivity index (χ1) is 7.55. The van der Waals surface area contributed by atoms with E-state index >= 15 is 0 Å². The van der Waals surface area contributed by atoms with Crippen molar-refractivity contribution < 1.29 is 4.79 Å². The van der Waals surface area contributed by atoms with Crippen LogP contribution in [0.1, 0.15) is 38.7 Å². The van der Waals surface area contributed by atoms with Gasteiger partial charge in [0.2, 0.25) is 0 Å². The average molecular weight is 234 g/mol. The summed E-state index contributed by atoms with van der Waals surface area (Å²) in [5, 5.41) is 4.30. The first kappa shape index (κ1) is 11.6. The molecule has 2 rings (SSSR count). The molecule has 0 unspecified atom stereocenters. The third-order valence-electron chi connectivity index (χ3n) is 3.04. The molecule has 0 bridgehead atoms. The van der Waals surface area contributed by atoms with Crippen molar-refractivity contribution >= 4 is 17.1 Å². The number of allylic oxidation sites excluding steroid dienone is 2. The van der Waals surface area contributed by atoms with Gasteiger partial charge in [-0.1, -0.05) is 19.4 Å². The van der Waals surface area contributed by atoms with Crippen molar-refractivity contribution in [2.45, 2.75) is 39.5 Å². The predicted molar refractivity (Wildman–Crippen MR) is 68.7 cm³/mol. The summed E-state index contributed by atoms with van der Waals surface area (Å²) in [6.07, 6.45) is 5.75. The van der Waals surface area contributed by atoms with Crippen LogP contribution >= 0.6 is 11.3 Å². The molecule has 0 N–H and O–H groups in total. The summed E-state index contributed by atoms with van der Waals surface area (Å²) in [4.78, 5) is 11.6. The lowest BCUT2D eigenvalue weighted by atomic mass is 9.76. The maximum absolute atomic E-state index is 11.6. The summed E-state index contributed by atoms with van der Waals surface area (Å²) < 4.78 is 0. The van der Waals surface area contributed by atoms with Gasteiger partial charge in [0.05, 0.1) is 0 Å². The van der Waals surface area contributed by atoms with Crippen LogP contribution in [0.5, 0.6) is 0 Å². The van der Waals surface area contributed by atoms with Crippen molar-refractivity contribution in [3.05, 3.63) is 34.0 Å². The van der Waals surface area contributed by atoms with Gasteiger partial charge in [-0.05, 0) is 53.1 Å². The van der Waals surface area contributed by atoms with Gasteiger partial charge in [0.15, 0.2) is 5.78 Å². The second-order valence-corrected chi connectivity index (χ2v) is 6.20. The Hall–Kier alpha value is -0.890. The highest BCUT2D eigenvalue weighted by Gasteiger charge is 2.26. The van der Waals surface area contributed by atoms with Gasteiger partial charge < -0.3 is 0 Å². The Morgan fingerprint density at radius 1 is 1.31 bits per heavy atom. The molecule has 0 atom stereocenters. The van der Waals surface area contributed by atoms with E-state index in [4.69, 9.17) is 0 Å². The van der Waals surface area contributed by atoms with E-state index in [9.17, 15) is 4.79 Å². The fraction of sp³-hybridized carbons (Fsp3) is 0.500. The summed E-state index contributed by atoms with van der Waals surface area (Å²) in [5.41, 5.74) is 2.88. The summed E-state index contributed by atoms with van der Waals surface area (Å²) in [6, 6.07) is 2.17. The molecule has 1 aliphatic rings. The molecule has 0 radical (unpaired) electrons. The Bertz CT molecular complexity index is 398. The minimum absolute atomic E-state index is 0.163. The lowest BCUT2D eigenvalue weighted by Gasteiger charge is -2.28. The Morgan fingerprint density at radius 3 is 2.75 bits per heavy atom. The van der Waals surface area contributed by atoms with Crippen LogP contribution in [0.4, 0.5) is 0 Å². The van der Waals surface area contributed by atoms with Gasteiger partial charge in [-0.2, -0.15) is 11.3 Å². The SMILES string of the molecule is CC1(C)CC(=O)C=C(CCc2ccsc2)C1. The monoisotopic (exact) mass is 234 g/mol. The van der Waals surface area contributed by atoms with E-state index < -0.39 is 0 Å². The normalized spacial score (nSPS) is 19.6. The van der Waals surface area contributed by atoms with E-state index in [1.54, 1.807) is 11.3 Å². The van der Waals surface area contributed by atoms with Crippen molar-refractivity contribution in [1.82, 2.24) is 0 Å². The summed E-state index contributed by atoms with van der Waals surface area (Å²) in [7, 11) is 0. The topological polar surface area (TPSA) is 17.1 Å². The third kappa shape index (κ3) is 3.05. The van der Waals surface area contributed by atoms with E-state index in [0.29, 0.717) is 12.2 Å². The molecule has 86 valence electrons. The summed E-state index contributed by atoms with van der Waals surface area (Å²) in [5.74, 6) is 0.302. The number of hydrogen-bond acceptors (Lipinski definition) is 2. The Kier molecular flexibility index (Phi) is 3.29. The van der Waals surface area contributed by atoms with Crippen molar-refractivity contribution in [3.8, 4) is 0 Å². The molecule has 0 aromatic carbocycles. The third-order valence-corrected chi connectivity index (χ3v) is 3.77. The number of carbonyl (C=O) groups is 1. The number of carbonyl (C=O) groups excluding carboxylic acids is 1. The smallest absolute Gasteiger partial charge is 0.156 e. The molecule has 16 heavy (non-hydrogen) atoms. The molecule has 1 nitrogen and oxygen atoms in total. The highest BCUT2D eigenvalue weighted by Crippen LogP contribution is 2.35. The number of rotatable bonds is 3. The second-order valence-electron chi connectivity index (χ2n) is 5.42. The number of ketones is 1. The zero-order chi connectivity index (χ0) is 11.6. The molecule has 0 saturated heterocycles. The summed E-state index contributed by atoms with van der Waals surface area (Å²) >= 11 is 1.74. The molecule has 0 aliphatic heterocycles. The maximum atomic E-state index is 11.6. The van der Waals surface area contributed by atoms with E-state index in [1.165, 1.54) is 11.1 Å². The lowest BCUT2D eigenvalue weighted by Crippen LogP contribution is -2.21. The fourth-order valence-corrected chi connectivity index (χ4v) is 3.08. The quantitative estimate of drug-likeness (QED) is 0.772. The van der Waals surface area contributed by atoms with Crippen molar-refractivity contribution in [1.29, 1.82) is 0 Å². The van der Waals surface area contributed by atoms with Crippen molar-refractivity contribution in [3.63, 3.8) is 0 Å². The molecule has 2 heteroatoms. The molecule has 0 fully saturated rings. The molecular weight excluding hydrogens is 216 g/mol. The number of thiophene rings is 1. The largest absolute Gasteiger partial charge is 0.295 e. The van der Waals surface area contributed by atoms with Crippen molar-refractivity contribution in [2.75, 3.05) is 0 Å². The lowest BCUT2D eigenvalue weighted by molar-refractivity contribution is -0.117. The van der Waals surface area contributed by atoms with Crippen molar-refractivity contribution in [2.24, 2.45) is 5.41 Å². The molecule has 1 aromatic heterocycles. The zero-order valence-corrected chi connectivity index (χ0v) is 10.8. The number of hydrogen-bond donors (Lipinski definition) is 0. The van der Waals surface area contributed by atoms with Gasteiger partial charge in [0, 0.05) is 6.42 Å². The molecular formula is C14H18OS. The Morgan fingerprint density at radius 2 is 2.12 bits per heavy atom. The van der Waals surface area contributed by atoms with Crippen LogP contribution in [0.3, 0.4) is 0 Å². The molecule has 1 aliphatic carbocycles. The second kappa shape index (κ2) is 4.54. The highest BCUT2D eigenvalue weighted by atomic mass is 32.1. The highest BCUT2D eigenvalue weighted by molar-refractivity contribution is 7.07. The molecule has 1 aromatic rings. The van der Waals surface area contributed by atoms with Gasteiger partial charge in [-0.3, -0.25) is 4.79 Å². The molecule has 1 heterocycles. The van der Waals surface area contributed by atoms with Gasteiger partial charge in [0.25, 0.3) is 0 Å². The van der Waals surface area contributed by atoms with Gasteiger partial charge in [-0.25, -0.2) is 0 Å². The minimum Gasteiger partial charge on any atom is -0.295 e. The van der Waals surface area contributed by atoms with Crippen LogP contribution in [0.2, 0.25) is 0 Å². The zero-order valence-electron chi connectivity index (χ0n) is 9.95. The van der Waals surface area contributed by atoms with Gasteiger partial charge >= 0.3 is 0 Å². The first-order valence-electron chi connectivity index (χ1n) is 5.78. The Labute approximate surface area is 101 Å². The van der Waals surface area contributed by atoms with Crippen LogP contribution < -0.4 is 0 Å². The van der Waals surface area contributed by atoms with E-state index in [-0.39, 0.29) is 5.41 Å². The molecule has 0 saturated carbocycles. The standard InChI is InChI=1S/C14H18OS/c1-14(2)8-12(7-13(15)9-14)4-3-11-5-6-16-10-11/h5-7,10H,3-4,8-9H2,1-2H3. The average Bonchev–Trinajstić information content (AvgIpc) is 2.63. The van der Waals surface area contributed by atoms with E-state index in [1.807, 2.05) is 6.08 Å². The van der Waals surface area contributed by atoms with Crippen LogP contribution in [0.25, 0.3) is 0 Å². The maximum Gasteiger partial charge on any atom is 0.156 e. The minimum atomic E-state index is 0.163. The van der Waals surface area contributed by atoms with Crippen LogP contribution in [0, 0.1) is 5.41 Å². The molecule has 0 spiro atoms. The predicted octanol–water partition coefficient (Wildman–Crippen LogP) is 4.00. The van der Waals surface area contributed by atoms with Gasteiger partial charge in [0.1, 0.15) is 0 Å². The van der Waals surface area contributed by atoms with Gasteiger partial charge in [-0.15, -0.1) is 0 Å². The van der Waals surface area contributed by atoms with Crippen LogP contribution in [-0.4, -0.2) is 5.78 Å². The van der Waals surface area contributed by atoms with E-state index in [0.717, 1.165) is 19.3 Å². The number of aryl methyl sites for hydroxylation is 1. The Balaban J connectivity index is 1.97. The van der Waals surface area contributed by atoms with E-state index in [2.05, 4.69) is 30.7 Å². The molecule has 0 amide bonds. The van der Waals surface area contributed by atoms with Crippen LogP contribution in [-0.2, 0) is 11.2 Å². The van der Waals surface area contributed by atoms with Crippen LogP contribution in [0.15, 0.2) is 28.5 Å². The fourth-order valence-electron chi connectivity index (χ4n) is 2.38. The first-order valence-corrected chi connectivity index (χ1v) is 6.73.